The Labute approximate surface area is 159 Å². The number of hydrogen-bond acceptors (Lipinski definition) is 3. The predicted octanol–water partition coefficient (Wildman–Crippen LogP) is 2.96. The number of halogens is 2. The summed E-state index contributed by atoms with van der Waals surface area (Å²) in [5, 5.41) is 0. The molecule has 0 N–H and O–H groups in total. The number of nitrogens with zero attached hydrogens (tertiary/aromatic N) is 2. The standard InChI is InChI=1S/C19H20BrFN2O3/c20-15-6-7-18(24)23(11-15)13-19(25)22(12-17-5-2-8-26-17)10-14-3-1-4-16(21)9-14/h1,3-4,6-7,9,11,17H,2,5,8,10,12-13H2. The minimum atomic E-state index is -0.338. The average molecular weight is 423 g/mol. The second-order valence-corrected chi connectivity index (χ2v) is 7.27. The number of pyridine rings is 1. The first-order valence-corrected chi connectivity index (χ1v) is 9.30. The second kappa shape index (κ2) is 8.60. The molecule has 26 heavy (non-hydrogen) atoms. The van der Waals surface area contributed by atoms with Gasteiger partial charge in [0.1, 0.15) is 12.4 Å². The van der Waals surface area contributed by atoms with Crippen molar-refractivity contribution in [3.8, 4) is 0 Å². The predicted molar refractivity (Wildman–Crippen MR) is 99.2 cm³/mol. The monoisotopic (exact) mass is 422 g/mol. The first kappa shape index (κ1) is 18.8. The van der Waals surface area contributed by atoms with Crippen LogP contribution in [0.4, 0.5) is 4.39 Å². The summed E-state index contributed by atoms with van der Waals surface area (Å²) in [7, 11) is 0. The van der Waals surface area contributed by atoms with Crippen LogP contribution in [0.15, 0.2) is 51.9 Å². The lowest BCUT2D eigenvalue weighted by atomic mass is 10.1. The smallest absolute Gasteiger partial charge is 0.251 e. The molecule has 0 spiro atoms. The molecule has 2 aromatic rings. The maximum atomic E-state index is 13.5. The van der Waals surface area contributed by atoms with Gasteiger partial charge in [-0.05, 0) is 52.5 Å². The van der Waals surface area contributed by atoms with Gasteiger partial charge in [0.15, 0.2) is 0 Å². The largest absolute Gasteiger partial charge is 0.376 e. The summed E-state index contributed by atoms with van der Waals surface area (Å²) in [6.07, 6.45) is 3.43. The van der Waals surface area contributed by atoms with E-state index in [1.54, 1.807) is 29.3 Å². The molecule has 1 atom stereocenters. The highest BCUT2D eigenvalue weighted by molar-refractivity contribution is 9.10. The maximum Gasteiger partial charge on any atom is 0.251 e. The van der Waals surface area contributed by atoms with Gasteiger partial charge >= 0.3 is 0 Å². The van der Waals surface area contributed by atoms with Crippen LogP contribution in [0, 0.1) is 5.82 Å². The van der Waals surface area contributed by atoms with Gasteiger partial charge in [-0.25, -0.2) is 4.39 Å². The molecule has 1 aromatic heterocycles. The molecule has 1 unspecified atom stereocenters. The lowest BCUT2D eigenvalue weighted by Gasteiger charge is -2.26. The van der Waals surface area contributed by atoms with Crippen LogP contribution in [0.3, 0.4) is 0 Å². The molecule has 1 amide bonds. The van der Waals surface area contributed by atoms with Crippen LogP contribution in [0.2, 0.25) is 0 Å². The van der Waals surface area contributed by atoms with E-state index >= 15 is 0 Å². The van der Waals surface area contributed by atoms with Gasteiger partial charge in [0.2, 0.25) is 5.91 Å². The first-order chi connectivity index (χ1) is 12.5. The van der Waals surface area contributed by atoms with Gasteiger partial charge in [0, 0.05) is 36.4 Å². The molecule has 0 saturated carbocycles. The zero-order chi connectivity index (χ0) is 18.5. The summed E-state index contributed by atoms with van der Waals surface area (Å²) in [6.45, 7) is 1.33. The van der Waals surface area contributed by atoms with Crippen LogP contribution < -0.4 is 5.56 Å². The Kier molecular flexibility index (Phi) is 6.21. The van der Waals surface area contributed by atoms with Crippen LogP contribution in [0.25, 0.3) is 0 Å². The minimum Gasteiger partial charge on any atom is -0.376 e. The molecule has 1 aromatic carbocycles. The van der Waals surface area contributed by atoms with E-state index in [4.69, 9.17) is 4.74 Å². The van der Waals surface area contributed by atoms with Gasteiger partial charge in [0.25, 0.3) is 5.56 Å². The molecule has 7 heteroatoms. The molecule has 138 valence electrons. The van der Waals surface area contributed by atoms with Crippen molar-refractivity contribution < 1.29 is 13.9 Å². The number of hydrogen-bond donors (Lipinski definition) is 0. The molecule has 0 bridgehead atoms. The van der Waals surface area contributed by atoms with Crippen LogP contribution in [0.1, 0.15) is 18.4 Å². The Morgan fingerprint density at radius 1 is 1.35 bits per heavy atom. The van der Waals surface area contributed by atoms with Crippen molar-refractivity contribution in [3.05, 3.63) is 68.8 Å². The maximum absolute atomic E-state index is 13.5. The van der Waals surface area contributed by atoms with Crippen molar-refractivity contribution in [1.82, 2.24) is 9.47 Å². The van der Waals surface area contributed by atoms with Crippen molar-refractivity contribution in [2.75, 3.05) is 13.2 Å². The molecule has 1 saturated heterocycles. The van der Waals surface area contributed by atoms with E-state index in [0.717, 1.165) is 17.3 Å². The number of rotatable bonds is 6. The van der Waals surface area contributed by atoms with E-state index < -0.39 is 0 Å². The Hall–Kier alpha value is -1.99. The van der Waals surface area contributed by atoms with E-state index in [9.17, 15) is 14.0 Å². The van der Waals surface area contributed by atoms with E-state index in [1.807, 2.05) is 0 Å². The second-order valence-electron chi connectivity index (χ2n) is 6.35. The van der Waals surface area contributed by atoms with Crippen molar-refractivity contribution in [2.24, 2.45) is 0 Å². The van der Waals surface area contributed by atoms with Crippen molar-refractivity contribution in [3.63, 3.8) is 0 Å². The number of benzene rings is 1. The third-order valence-corrected chi connectivity index (χ3v) is 4.79. The fraction of sp³-hybridized carbons (Fsp3) is 0.368. The van der Waals surface area contributed by atoms with E-state index in [2.05, 4.69) is 15.9 Å². The van der Waals surface area contributed by atoms with Crippen molar-refractivity contribution in [1.29, 1.82) is 0 Å². The Bertz CT molecular complexity index is 834. The third kappa shape index (κ3) is 5.02. The molecule has 0 radical (unpaired) electrons. The highest BCUT2D eigenvalue weighted by Crippen LogP contribution is 2.16. The first-order valence-electron chi connectivity index (χ1n) is 8.51. The fourth-order valence-electron chi connectivity index (χ4n) is 3.02. The van der Waals surface area contributed by atoms with Gasteiger partial charge < -0.3 is 14.2 Å². The summed E-state index contributed by atoms with van der Waals surface area (Å²) < 4.78 is 21.2. The topological polar surface area (TPSA) is 51.5 Å². The van der Waals surface area contributed by atoms with Crippen LogP contribution >= 0.6 is 15.9 Å². The van der Waals surface area contributed by atoms with Gasteiger partial charge in [-0.1, -0.05) is 12.1 Å². The highest BCUT2D eigenvalue weighted by atomic mass is 79.9. The molecular formula is C19H20BrFN2O3. The molecular weight excluding hydrogens is 403 g/mol. The molecule has 1 aliphatic rings. The summed E-state index contributed by atoms with van der Waals surface area (Å²) in [5.74, 6) is -0.541. The number of carbonyl (C=O) groups is 1. The van der Waals surface area contributed by atoms with Crippen molar-refractivity contribution >= 4 is 21.8 Å². The number of carbonyl (C=O) groups excluding carboxylic acids is 1. The quantitative estimate of drug-likeness (QED) is 0.718. The Morgan fingerprint density at radius 2 is 2.19 bits per heavy atom. The Morgan fingerprint density at radius 3 is 2.92 bits per heavy atom. The molecule has 1 fully saturated rings. The molecule has 3 rings (SSSR count). The summed E-state index contributed by atoms with van der Waals surface area (Å²) in [4.78, 5) is 26.5. The van der Waals surface area contributed by atoms with Gasteiger partial charge in [-0.3, -0.25) is 9.59 Å². The molecule has 2 heterocycles. The minimum absolute atomic E-state index is 0.0215. The van der Waals surface area contributed by atoms with E-state index in [1.165, 1.54) is 22.8 Å². The average Bonchev–Trinajstić information content (AvgIpc) is 3.11. The number of amides is 1. The SMILES string of the molecule is O=C(Cn1cc(Br)ccc1=O)N(Cc1cccc(F)c1)CC1CCCO1. The van der Waals surface area contributed by atoms with E-state index in [0.29, 0.717) is 18.7 Å². The van der Waals surface area contributed by atoms with Gasteiger partial charge in [-0.2, -0.15) is 0 Å². The lowest BCUT2D eigenvalue weighted by Crippen LogP contribution is -2.40. The van der Waals surface area contributed by atoms with Crippen LogP contribution in [-0.2, 0) is 22.6 Å². The third-order valence-electron chi connectivity index (χ3n) is 4.32. The van der Waals surface area contributed by atoms with Crippen LogP contribution in [-0.4, -0.2) is 34.6 Å². The summed E-state index contributed by atoms with van der Waals surface area (Å²) in [6, 6.07) is 9.24. The van der Waals surface area contributed by atoms with E-state index in [-0.39, 0.29) is 36.5 Å². The zero-order valence-corrected chi connectivity index (χ0v) is 15.8. The Balaban J connectivity index is 1.77. The van der Waals surface area contributed by atoms with Crippen LogP contribution in [0.5, 0.6) is 0 Å². The fourth-order valence-corrected chi connectivity index (χ4v) is 3.40. The normalized spacial score (nSPS) is 16.6. The zero-order valence-electron chi connectivity index (χ0n) is 14.2. The summed E-state index contributed by atoms with van der Waals surface area (Å²) >= 11 is 3.31. The van der Waals surface area contributed by atoms with Gasteiger partial charge in [0.05, 0.1) is 6.10 Å². The van der Waals surface area contributed by atoms with Crippen molar-refractivity contribution in [2.45, 2.75) is 32.0 Å². The number of ether oxygens (including phenoxy) is 1. The molecule has 5 nitrogen and oxygen atoms in total. The highest BCUT2D eigenvalue weighted by Gasteiger charge is 2.23. The number of aromatic nitrogens is 1. The lowest BCUT2D eigenvalue weighted by molar-refractivity contribution is -0.134. The molecule has 0 aliphatic carbocycles. The summed E-state index contributed by atoms with van der Waals surface area (Å²) in [5.41, 5.74) is 0.460. The van der Waals surface area contributed by atoms with Gasteiger partial charge in [-0.15, -0.1) is 0 Å². The molecule has 1 aliphatic heterocycles.